The molecule has 1 N–H and O–H groups in total. The smallest absolute Gasteiger partial charge is 0.266 e. The molecule has 0 radical (unpaired) electrons. The number of aromatic amines is 1. The van der Waals surface area contributed by atoms with Gasteiger partial charge in [0, 0.05) is 31.6 Å². The molecule has 3 rings (SSSR count). The molecule has 6 heteroatoms. The van der Waals surface area contributed by atoms with Crippen LogP contribution in [-0.2, 0) is 11.2 Å². The molecule has 0 saturated carbocycles. The highest BCUT2D eigenvalue weighted by Gasteiger charge is 2.28. The van der Waals surface area contributed by atoms with Crippen molar-refractivity contribution >= 4 is 23.3 Å². The average molecular weight is 373 g/mol. The number of nitrogens with one attached hydrogen (secondary N) is 1. The van der Waals surface area contributed by atoms with Gasteiger partial charge in [0.05, 0.1) is 5.56 Å². The van der Waals surface area contributed by atoms with Crippen LogP contribution in [0.1, 0.15) is 35.2 Å². The summed E-state index contributed by atoms with van der Waals surface area (Å²) in [6.07, 6.45) is 4.19. The second-order valence-corrected chi connectivity index (χ2v) is 7.01. The number of pyridine rings is 1. The number of aromatic nitrogens is 1. The number of carbonyl (C=O) groups excluding carboxylic acids is 2. The van der Waals surface area contributed by atoms with Crippen LogP contribution in [0.4, 0.5) is 0 Å². The second kappa shape index (κ2) is 8.32. The molecule has 1 aliphatic heterocycles. The van der Waals surface area contributed by atoms with E-state index in [0.717, 1.165) is 24.8 Å². The summed E-state index contributed by atoms with van der Waals surface area (Å²) in [5, 5.41) is -0.0108. The molecule has 1 amide bonds. The van der Waals surface area contributed by atoms with Gasteiger partial charge in [0.1, 0.15) is 10.8 Å². The zero-order chi connectivity index (χ0) is 18.5. The Morgan fingerprint density at radius 3 is 2.73 bits per heavy atom. The molecule has 26 heavy (non-hydrogen) atoms. The van der Waals surface area contributed by atoms with Crippen molar-refractivity contribution in [3.63, 3.8) is 0 Å². The Morgan fingerprint density at radius 2 is 2.00 bits per heavy atom. The SMILES string of the molecule is O=C(CCc1ccccc1)[C@H]1CCCN(C(=O)c2c[nH]c(=O)c(Cl)c2)C1. The van der Waals surface area contributed by atoms with Gasteiger partial charge in [-0.05, 0) is 30.9 Å². The molecule has 1 atom stereocenters. The van der Waals surface area contributed by atoms with E-state index in [1.807, 2.05) is 30.3 Å². The summed E-state index contributed by atoms with van der Waals surface area (Å²) in [5.74, 6) is -0.135. The molecule has 0 spiro atoms. The first-order chi connectivity index (χ1) is 12.5. The maximum Gasteiger partial charge on any atom is 0.266 e. The number of hydrogen-bond donors (Lipinski definition) is 1. The van der Waals surface area contributed by atoms with Crippen molar-refractivity contribution in [1.29, 1.82) is 0 Å². The normalized spacial score (nSPS) is 17.1. The quantitative estimate of drug-likeness (QED) is 0.876. The monoisotopic (exact) mass is 372 g/mol. The van der Waals surface area contributed by atoms with E-state index in [9.17, 15) is 14.4 Å². The van der Waals surface area contributed by atoms with Gasteiger partial charge in [0.15, 0.2) is 0 Å². The number of benzene rings is 1. The average Bonchev–Trinajstić information content (AvgIpc) is 2.68. The van der Waals surface area contributed by atoms with Gasteiger partial charge in [0.25, 0.3) is 11.5 Å². The summed E-state index contributed by atoms with van der Waals surface area (Å²) in [6, 6.07) is 11.3. The number of aryl methyl sites for hydroxylation is 1. The zero-order valence-corrected chi connectivity index (χ0v) is 15.2. The molecule has 5 nitrogen and oxygen atoms in total. The number of H-pyrrole nitrogens is 1. The van der Waals surface area contributed by atoms with E-state index in [1.54, 1.807) is 4.90 Å². The van der Waals surface area contributed by atoms with Crippen LogP contribution in [0.25, 0.3) is 0 Å². The van der Waals surface area contributed by atoms with Crippen molar-refractivity contribution in [3.8, 4) is 0 Å². The van der Waals surface area contributed by atoms with Gasteiger partial charge in [-0.25, -0.2) is 0 Å². The molecule has 1 saturated heterocycles. The van der Waals surface area contributed by atoms with Crippen LogP contribution < -0.4 is 5.56 Å². The van der Waals surface area contributed by atoms with E-state index < -0.39 is 5.56 Å². The Morgan fingerprint density at radius 1 is 1.23 bits per heavy atom. The molecule has 136 valence electrons. The summed E-state index contributed by atoms with van der Waals surface area (Å²) in [7, 11) is 0. The first kappa shape index (κ1) is 18.4. The lowest BCUT2D eigenvalue weighted by Crippen LogP contribution is -2.42. The summed E-state index contributed by atoms with van der Waals surface area (Å²) in [6.45, 7) is 1.03. The fraction of sp³-hybridized carbons (Fsp3) is 0.350. The minimum atomic E-state index is -0.421. The highest BCUT2D eigenvalue weighted by molar-refractivity contribution is 6.30. The lowest BCUT2D eigenvalue weighted by atomic mass is 9.90. The highest BCUT2D eigenvalue weighted by atomic mass is 35.5. The van der Waals surface area contributed by atoms with Crippen molar-refractivity contribution in [2.24, 2.45) is 5.92 Å². The van der Waals surface area contributed by atoms with Crippen LogP contribution in [0.2, 0.25) is 5.02 Å². The molecule has 0 bridgehead atoms. The van der Waals surface area contributed by atoms with Gasteiger partial charge in [-0.2, -0.15) is 0 Å². The maximum absolute atomic E-state index is 12.6. The fourth-order valence-electron chi connectivity index (χ4n) is 3.30. The highest BCUT2D eigenvalue weighted by Crippen LogP contribution is 2.21. The number of likely N-dealkylation sites (tertiary alicyclic amines) is 1. The minimum Gasteiger partial charge on any atom is -0.338 e. The van der Waals surface area contributed by atoms with Crippen LogP contribution in [-0.4, -0.2) is 34.7 Å². The van der Waals surface area contributed by atoms with Crippen molar-refractivity contribution in [2.45, 2.75) is 25.7 Å². The summed E-state index contributed by atoms with van der Waals surface area (Å²) < 4.78 is 0. The number of halogens is 1. The molecular formula is C20H21ClN2O3. The van der Waals surface area contributed by atoms with Crippen LogP contribution >= 0.6 is 11.6 Å². The number of amides is 1. The number of piperidine rings is 1. The predicted octanol–water partition coefficient (Wildman–Crippen LogP) is 3.08. The Hall–Kier alpha value is -2.40. The van der Waals surface area contributed by atoms with Gasteiger partial charge in [0.2, 0.25) is 0 Å². The molecular weight excluding hydrogens is 352 g/mol. The van der Waals surface area contributed by atoms with Gasteiger partial charge >= 0.3 is 0 Å². The Labute approximate surface area is 157 Å². The summed E-state index contributed by atoms with van der Waals surface area (Å²) >= 11 is 5.81. The number of carbonyl (C=O) groups is 2. The largest absolute Gasteiger partial charge is 0.338 e. The maximum atomic E-state index is 12.6. The van der Waals surface area contributed by atoms with Gasteiger partial charge in [-0.1, -0.05) is 41.9 Å². The Kier molecular flexibility index (Phi) is 5.89. The van der Waals surface area contributed by atoms with Gasteiger partial charge in [-0.15, -0.1) is 0 Å². The van der Waals surface area contributed by atoms with Crippen molar-refractivity contribution in [2.75, 3.05) is 13.1 Å². The number of nitrogens with zero attached hydrogens (tertiary/aromatic N) is 1. The standard InChI is InChI=1S/C20H21ClN2O3/c21-17-11-16(12-22-19(17)25)20(26)23-10-4-7-15(13-23)18(24)9-8-14-5-2-1-3-6-14/h1-3,5-6,11-12,15H,4,7-10,13H2,(H,22,25)/t15-/m0/s1. The van der Waals surface area contributed by atoms with Crippen LogP contribution in [0.15, 0.2) is 47.4 Å². The summed E-state index contributed by atoms with van der Waals surface area (Å²) in [5.41, 5.74) is 1.07. The van der Waals surface area contributed by atoms with E-state index in [2.05, 4.69) is 4.98 Å². The van der Waals surface area contributed by atoms with Crippen LogP contribution in [0.5, 0.6) is 0 Å². The van der Waals surface area contributed by atoms with E-state index in [4.69, 9.17) is 11.6 Å². The third-order valence-electron chi connectivity index (χ3n) is 4.77. The topological polar surface area (TPSA) is 70.2 Å². The third-order valence-corrected chi connectivity index (χ3v) is 5.05. The zero-order valence-electron chi connectivity index (χ0n) is 14.4. The Balaban J connectivity index is 1.61. The van der Waals surface area contributed by atoms with Crippen molar-refractivity contribution in [1.82, 2.24) is 9.88 Å². The molecule has 1 fully saturated rings. The number of rotatable bonds is 5. The van der Waals surface area contributed by atoms with Gasteiger partial charge < -0.3 is 9.88 Å². The number of hydrogen-bond acceptors (Lipinski definition) is 3. The fourth-order valence-corrected chi connectivity index (χ4v) is 3.47. The third kappa shape index (κ3) is 4.41. The molecule has 0 unspecified atom stereocenters. The van der Waals surface area contributed by atoms with E-state index in [0.29, 0.717) is 25.1 Å². The lowest BCUT2D eigenvalue weighted by Gasteiger charge is -2.32. The van der Waals surface area contributed by atoms with Crippen LogP contribution in [0.3, 0.4) is 0 Å². The minimum absolute atomic E-state index is 0.0108. The lowest BCUT2D eigenvalue weighted by molar-refractivity contribution is -0.124. The first-order valence-corrected chi connectivity index (χ1v) is 9.16. The summed E-state index contributed by atoms with van der Waals surface area (Å²) in [4.78, 5) is 40.7. The predicted molar refractivity (Wildman–Crippen MR) is 100 cm³/mol. The second-order valence-electron chi connectivity index (χ2n) is 6.61. The van der Waals surface area contributed by atoms with Crippen LogP contribution in [0, 0.1) is 5.92 Å². The van der Waals surface area contributed by atoms with Crippen molar-refractivity contribution < 1.29 is 9.59 Å². The van der Waals surface area contributed by atoms with E-state index >= 15 is 0 Å². The molecule has 1 aromatic carbocycles. The number of Topliss-reactive ketones (excluding diaryl/α,β-unsaturated/α-hetero) is 1. The molecule has 1 aliphatic rings. The molecule has 0 aliphatic carbocycles. The molecule has 1 aromatic heterocycles. The van der Waals surface area contributed by atoms with E-state index in [1.165, 1.54) is 12.3 Å². The van der Waals surface area contributed by atoms with Crippen molar-refractivity contribution in [3.05, 3.63) is 69.1 Å². The Bertz CT molecular complexity index is 848. The number of ketones is 1. The molecule has 2 aromatic rings. The first-order valence-electron chi connectivity index (χ1n) is 8.79. The molecule has 2 heterocycles. The van der Waals surface area contributed by atoms with Gasteiger partial charge in [-0.3, -0.25) is 14.4 Å². The van der Waals surface area contributed by atoms with E-state index in [-0.39, 0.29) is 22.6 Å².